The van der Waals surface area contributed by atoms with Crippen LogP contribution >= 0.6 is 0 Å². The van der Waals surface area contributed by atoms with Crippen LogP contribution in [-0.2, 0) is 30.6 Å². The highest BCUT2D eigenvalue weighted by atomic mass is 19.4. The number of aliphatic carboxylic acids is 1. The second-order valence-electron chi connectivity index (χ2n) is 12.2. The zero-order valence-electron chi connectivity index (χ0n) is 28.0. The summed E-state index contributed by atoms with van der Waals surface area (Å²) in [5.74, 6) is -3.22. The van der Waals surface area contributed by atoms with Gasteiger partial charge in [-0.2, -0.15) is 13.2 Å². The summed E-state index contributed by atoms with van der Waals surface area (Å²) in [5.41, 5.74) is -0.920. The lowest BCUT2D eigenvalue weighted by molar-refractivity contribution is -0.153. The standard InChI is InChI=1S/C35H38F5N5O6/c1-22-32(43-17-15-42(16-18-43)19-23-12-13-30(51-23)35(38,39)40)33(48)45(34(49)44(22)20-25-26(36)8-5-9-27(25)37)21-28(41-14-6-11-31(46)47)24-7-3-4-10-29(24)50-2/h3-5,7-10,12-13,28,41H,6,11,14-21H2,1-2H3,(H,46,47)/t28-/m0/s1. The molecule has 1 atom stereocenters. The van der Waals surface area contributed by atoms with Gasteiger partial charge in [-0.25, -0.2) is 13.6 Å². The maximum absolute atomic E-state index is 14.9. The predicted molar refractivity (Wildman–Crippen MR) is 177 cm³/mol. The maximum Gasteiger partial charge on any atom is 0.449 e. The number of carboxylic acid groups (broad SMARTS) is 1. The summed E-state index contributed by atoms with van der Waals surface area (Å²) in [7, 11) is 1.47. The van der Waals surface area contributed by atoms with Gasteiger partial charge >= 0.3 is 17.8 Å². The molecule has 0 amide bonds. The van der Waals surface area contributed by atoms with Crippen LogP contribution in [0.5, 0.6) is 5.75 Å². The van der Waals surface area contributed by atoms with Crippen molar-refractivity contribution in [2.24, 2.45) is 0 Å². The lowest BCUT2D eigenvalue weighted by Crippen LogP contribution is -2.51. The van der Waals surface area contributed by atoms with Crippen molar-refractivity contribution < 1.29 is 41.0 Å². The average Bonchev–Trinajstić information content (AvgIpc) is 3.57. The lowest BCUT2D eigenvalue weighted by atomic mass is 10.0. The summed E-state index contributed by atoms with van der Waals surface area (Å²) in [6.45, 7) is 2.26. The number of nitrogens with zero attached hydrogens (tertiary/aromatic N) is 4. The number of methoxy groups -OCH3 is 1. The highest BCUT2D eigenvalue weighted by molar-refractivity contribution is 5.66. The fraction of sp³-hybridized carbons (Fsp3) is 0.400. The SMILES string of the molecule is COc1ccccc1[C@H](Cn1c(=O)c(N2CCN(Cc3ccc(C(F)(F)F)o3)CC2)c(C)n(Cc2c(F)cccc2F)c1=O)NCCCC(=O)O. The van der Waals surface area contributed by atoms with E-state index in [1.54, 1.807) is 29.2 Å². The Labute approximate surface area is 289 Å². The van der Waals surface area contributed by atoms with E-state index in [0.29, 0.717) is 24.4 Å². The Morgan fingerprint density at radius 1 is 0.961 bits per heavy atom. The molecule has 1 saturated heterocycles. The van der Waals surface area contributed by atoms with Gasteiger partial charge in [0.15, 0.2) is 0 Å². The van der Waals surface area contributed by atoms with Crippen LogP contribution in [0.25, 0.3) is 0 Å². The molecule has 0 bridgehead atoms. The number of ether oxygens (including phenoxy) is 1. The number of para-hydroxylation sites is 1. The van der Waals surface area contributed by atoms with Gasteiger partial charge in [0.2, 0.25) is 5.76 Å². The van der Waals surface area contributed by atoms with Crippen molar-refractivity contribution >= 4 is 11.7 Å². The Hall–Kier alpha value is -4.96. The van der Waals surface area contributed by atoms with Crippen LogP contribution in [0.4, 0.5) is 27.6 Å². The summed E-state index contributed by atoms with van der Waals surface area (Å²) in [6.07, 6.45) is -4.47. The fourth-order valence-electron chi connectivity index (χ4n) is 6.23. The van der Waals surface area contributed by atoms with Crippen molar-refractivity contribution in [3.63, 3.8) is 0 Å². The molecule has 16 heteroatoms. The molecule has 0 aliphatic carbocycles. The molecule has 0 spiro atoms. The van der Waals surface area contributed by atoms with Gasteiger partial charge in [0.25, 0.3) is 5.56 Å². The summed E-state index contributed by atoms with van der Waals surface area (Å²) in [6, 6.07) is 11.7. The molecule has 1 fully saturated rings. The van der Waals surface area contributed by atoms with Gasteiger partial charge in [-0.3, -0.25) is 23.6 Å². The molecule has 5 rings (SSSR count). The number of benzene rings is 2. The zero-order valence-corrected chi connectivity index (χ0v) is 28.0. The van der Waals surface area contributed by atoms with Crippen LogP contribution in [0.1, 0.15) is 47.2 Å². The van der Waals surface area contributed by atoms with Crippen LogP contribution in [0.3, 0.4) is 0 Å². The fourth-order valence-corrected chi connectivity index (χ4v) is 6.23. The van der Waals surface area contributed by atoms with Crippen LogP contribution < -0.4 is 26.2 Å². The van der Waals surface area contributed by atoms with Crippen LogP contribution in [0.2, 0.25) is 0 Å². The molecule has 0 radical (unpaired) electrons. The molecule has 0 saturated carbocycles. The minimum Gasteiger partial charge on any atom is -0.496 e. The highest BCUT2D eigenvalue weighted by Gasteiger charge is 2.35. The number of alkyl halides is 3. The Morgan fingerprint density at radius 3 is 2.27 bits per heavy atom. The summed E-state index contributed by atoms with van der Waals surface area (Å²) in [4.78, 5) is 43.3. The van der Waals surface area contributed by atoms with Crippen LogP contribution in [0.15, 0.2) is 68.6 Å². The molecule has 11 nitrogen and oxygen atoms in total. The molecule has 274 valence electrons. The Bertz CT molecular complexity index is 1950. The van der Waals surface area contributed by atoms with Crippen molar-refractivity contribution in [3.05, 3.63) is 115 Å². The van der Waals surface area contributed by atoms with Crippen molar-refractivity contribution in [1.82, 2.24) is 19.4 Å². The van der Waals surface area contributed by atoms with E-state index in [4.69, 9.17) is 14.3 Å². The van der Waals surface area contributed by atoms with Gasteiger partial charge < -0.3 is 24.5 Å². The van der Waals surface area contributed by atoms with Crippen molar-refractivity contribution in [1.29, 1.82) is 0 Å². The number of rotatable bonds is 14. The smallest absolute Gasteiger partial charge is 0.449 e. The Kier molecular flexibility index (Phi) is 11.7. The first-order chi connectivity index (χ1) is 24.3. The molecular formula is C35H38F5N5O6. The van der Waals surface area contributed by atoms with Gasteiger partial charge in [-0.05, 0) is 50.2 Å². The van der Waals surface area contributed by atoms with E-state index in [-0.39, 0.29) is 68.3 Å². The van der Waals surface area contributed by atoms with E-state index >= 15 is 0 Å². The van der Waals surface area contributed by atoms with Crippen molar-refractivity contribution in [2.45, 2.75) is 51.6 Å². The maximum atomic E-state index is 14.9. The molecule has 1 aliphatic rings. The quantitative estimate of drug-likeness (QED) is 0.140. The monoisotopic (exact) mass is 719 g/mol. The third kappa shape index (κ3) is 8.68. The molecule has 2 aromatic carbocycles. The number of furan rings is 1. The Balaban J connectivity index is 1.52. The first-order valence-corrected chi connectivity index (χ1v) is 16.3. The Morgan fingerprint density at radius 2 is 1.65 bits per heavy atom. The molecule has 51 heavy (non-hydrogen) atoms. The number of hydrogen-bond donors (Lipinski definition) is 2. The zero-order chi connectivity index (χ0) is 36.9. The van der Waals surface area contributed by atoms with Crippen LogP contribution in [0, 0.1) is 18.6 Å². The average molecular weight is 720 g/mol. The molecule has 2 N–H and O–H groups in total. The lowest BCUT2D eigenvalue weighted by Gasteiger charge is -2.36. The predicted octanol–water partition coefficient (Wildman–Crippen LogP) is 4.78. The van der Waals surface area contributed by atoms with Gasteiger partial charge in [-0.15, -0.1) is 0 Å². The molecule has 4 aromatic rings. The number of carboxylic acids is 1. The van der Waals surface area contributed by atoms with Crippen LogP contribution in [-0.4, -0.2) is 64.9 Å². The molecular weight excluding hydrogens is 681 g/mol. The number of piperazine rings is 1. The van der Waals surface area contributed by atoms with Crippen molar-refractivity contribution in [2.75, 3.05) is 44.7 Å². The third-order valence-electron chi connectivity index (χ3n) is 8.88. The van der Waals surface area contributed by atoms with Gasteiger partial charge in [-0.1, -0.05) is 24.3 Å². The largest absolute Gasteiger partial charge is 0.496 e. The summed E-state index contributed by atoms with van der Waals surface area (Å²) >= 11 is 0. The van der Waals surface area contributed by atoms with Gasteiger partial charge in [0, 0.05) is 49.4 Å². The highest BCUT2D eigenvalue weighted by Crippen LogP contribution is 2.31. The van der Waals surface area contributed by atoms with Gasteiger partial charge in [0.1, 0.15) is 28.8 Å². The summed E-state index contributed by atoms with van der Waals surface area (Å²) in [5, 5.41) is 12.4. The van der Waals surface area contributed by atoms with E-state index in [1.807, 2.05) is 4.90 Å². The number of hydrogen-bond acceptors (Lipinski definition) is 8. The number of carbonyl (C=O) groups is 1. The molecule has 2 aromatic heterocycles. The van der Waals surface area contributed by atoms with E-state index in [0.717, 1.165) is 27.3 Å². The second-order valence-corrected chi connectivity index (χ2v) is 12.2. The first kappa shape index (κ1) is 37.3. The topological polar surface area (TPSA) is 122 Å². The van der Waals surface area contributed by atoms with Crippen molar-refractivity contribution in [3.8, 4) is 5.75 Å². The van der Waals surface area contributed by atoms with E-state index in [2.05, 4.69) is 5.32 Å². The normalized spacial score (nSPS) is 14.5. The summed E-state index contributed by atoms with van der Waals surface area (Å²) < 4.78 is 81.6. The first-order valence-electron chi connectivity index (χ1n) is 16.3. The second kappa shape index (κ2) is 15.9. The minimum atomic E-state index is -4.61. The number of halogens is 5. The molecule has 3 heterocycles. The number of nitrogens with one attached hydrogen (secondary N) is 1. The number of anilines is 1. The van der Waals surface area contributed by atoms with Gasteiger partial charge in [0.05, 0.1) is 32.8 Å². The molecule has 0 unspecified atom stereocenters. The molecule has 1 aliphatic heterocycles. The van der Waals surface area contributed by atoms with E-state index < -0.39 is 53.4 Å². The minimum absolute atomic E-state index is 0.104. The third-order valence-corrected chi connectivity index (χ3v) is 8.88. The number of aromatic nitrogens is 2. The van der Waals surface area contributed by atoms with E-state index in [1.165, 1.54) is 26.2 Å². The van der Waals surface area contributed by atoms with E-state index in [9.17, 15) is 36.3 Å².